The Morgan fingerprint density at radius 1 is 1.09 bits per heavy atom. The summed E-state index contributed by atoms with van der Waals surface area (Å²) in [5.74, 6) is 0.489. The molecular weight excluding hydrogens is 468 g/mol. The van der Waals surface area contributed by atoms with E-state index in [9.17, 15) is 4.79 Å². The monoisotopic (exact) mass is 496 g/mol. The van der Waals surface area contributed by atoms with Gasteiger partial charge in [0.25, 0.3) is 5.91 Å². The van der Waals surface area contributed by atoms with E-state index in [0.29, 0.717) is 11.4 Å². The number of benzene rings is 2. The van der Waals surface area contributed by atoms with Crippen LogP contribution in [0.15, 0.2) is 64.2 Å². The lowest BCUT2D eigenvalue weighted by molar-refractivity contribution is 0.0950. The first kappa shape index (κ1) is 23.7. The Hall–Kier alpha value is -2.93. The number of hydrogen-bond donors (Lipinski definition) is 2. The number of carbonyl (C=O) groups excluding carboxylic acids is 1. The molecule has 0 saturated carbocycles. The Bertz CT molecular complexity index is 1010. The molecular formula is C25H29BrN4O2. The van der Waals surface area contributed by atoms with Crippen molar-refractivity contribution in [1.82, 2.24) is 15.6 Å². The smallest absolute Gasteiger partial charge is 0.289 e. The van der Waals surface area contributed by atoms with Crippen molar-refractivity contribution < 1.29 is 9.53 Å². The number of halogens is 1. The summed E-state index contributed by atoms with van der Waals surface area (Å²) in [5.41, 5.74) is 5.32. The molecule has 3 aromatic rings. The van der Waals surface area contributed by atoms with Crippen LogP contribution >= 0.6 is 15.9 Å². The molecule has 0 spiro atoms. The standard InChI is InChI=1S/C25H29BrN4O2/c1-2-3-4-5-6-9-16-32-21-14-12-19(13-15-21)23-17-24(29-28-23)25(31)30-27-18-20-10-7-8-11-22(20)26/h7-8,10-15,17-18H,2-6,9,16H2,1H3,(H,28,29)(H,30,31)/b27-18-. The van der Waals surface area contributed by atoms with E-state index < -0.39 is 0 Å². The maximum Gasteiger partial charge on any atom is 0.289 e. The third-order valence-electron chi connectivity index (χ3n) is 5.01. The number of hydrogen-bond acceptors (Lipinski definition) is 4. The van der Waals surface area contributed by atoms with Gasteiger partial charge in [0.15, 0.2) is 0 Å². The zero-order valence-corrected chi connectivity index (χ0v) is 19.9. The fraction of sp³-hybridized carbons (Fsp3) is 0.320. The Kier molecular flexibility index (Phi) is 9.50. The van der Waals surface area contributed by atoms with Gasteiger partial charge in [-0.15, -0.1) is 0 Å². The molecule has 0 radical (unpaired) electrons. The van der Waals surface area contributed by atoms with Crippen LogP contribution in [0.1, 0.15) is 61.5 Å². The van der Waals surface area contributed by atoms with Crippen LogP contribution in [0.3, 0.4) is 0 Å². The zero-order valence-electron chi connectivity index (χ0n) is 18.3. The molecule has 3 rings (SSSR count). The van der Waals surface area contributed by atoms with Gasteiger partial charge < -0.3 is 4.74 Å². The van der Waals surface area contributed by atoms with Gasteiger partial charge in [0.2, 0.25) is 0 Å². The van der Waals surface area contributed by atoms with Crippen LogP contribution in [0.25, 0.3) is 11.3 Å². The normalized spacial score (nSPS) is 11.1. The summed E-state index contributed by atoms with van der Waals surface area (Å²) in [6.07, 6.45) is 9.05. The van der Waals surface area contributed by atoms with Crippen LogP contribution in [0.2, 0.25) is 0 Å². The predicted octanol–water partition coefficient (Wildman–Crippen LogP) is 6.34. The minimum atomic E-state index is -0.356. The van der Waals surface area contributed by atoms with Crippen molar-refractivity contribution in [2.24, 2.45) is 5.10 Å². The molecule has 0 bridgehead atoms. The molecule has 7 heteroatoms. The molecule has 2 N–H and O–H groups in total. The van der Waals surface area contributed by atoms with Crippen molar-refractivity contribution in [2.45, 2.75) is 45.4 Å². The number of rotatable bonds is 12. The number of nitrogens with zero attached hydrogens (tertiary/aromatic N) is 2. The van der Waals surface area contributed by atoms with Crippen molar-refractivity contribution in [3.05, 3.63) is 70.3 Å². The van der Waals surface area contributed by atoms with Crippen LogP contribution in [0.5, 0.6) is 5.75 Å². The first-order valence-electron chi connectivity index (χ1n) is 11.0. The largest absolute Gasteiger partial charge is 0.494 e. The molecule has 32 heavy (non-hydrogen) atoms. The maximum absolute atomic E-state index is 12.3. The number of aromatic amines is 1. The molecule has 1 amide bonds. The molecule has 168 valence electrons. The van der Waals surface area contributed by atoms with E-state index in [4.69, 9.17) is 4.74 Å². The lowest BCUT2D eigenvalue weighted by Gasteiger charge is -2.06. The Morgan fingerprint density at radius 3 is 2.62 bits per heavy atom. The number of unbranched alkanes of at least 4 members (excludes halogenated alkanes) is 5. The van der Waals surface area contributed by atoms with E-state index in [-0.39, 0.29) is 5.91 Å². The second-order valence-corrected chi connectivity index (χ2v) is 8.38. The van der Waals surface area contributed by atoms with Crippen molar-refractivity contribution in [1.29, 1.82) is 0 Å². The molecule has 1 heterocycles. The Balaban J connectivity index is 1.47. The van der Waals surface area contributed by atoms with Gasteiger partial charge >= 0.3 is 0 Å². The van der Waals surface area contributed by atoms with E-state index in [1.54, 1.807) is 12.3 Å². The van der Waals surface area contributed by atoms with E-state index in [2.05, 4.69) is 43.6 Å². The number of H-pyrrole nitrogens is 1. The van der Waals surface area contributed by atoms with Gasteiger partial charge in [0.05, 0.1) is 18.5 Å². The molecule has 0 aliphatic carbocycles. The van der Waals surface area contributed by atoms with Gasteiger partial charge in [-0.2, -0.15) is 10.2 Å². The summed E-state index contributed by atoms with van der Waals surface area (Å²) in [4.78, 5) is 12.3. The van der Waals surface area contributed by atoms with Gasteiger partial charge in [0.1, 0.15) is 11.4 Å². The number of hydrazone groups is 1. The highest BCUT2D eigenvalue weighted by molar-refractivity contribution is 9.10. The molecule has 6 nitrogen and oxygen atoms in total. The fourth-order valence-corrected chi connectivity index (χ4v) is 3.57. The predicted molar refractivity (Wildman–Crippen MR) is 132 cm³/mol. The lowest BCUT2D eigenvalue weighted by atomic mass is 10.1. The first-order chi connectivity index (χ1) is 15.7. The molecule has 0 aliphatic rings. The average Bonchev–Trinajstić information content (AvgIpc) is 3.31. The second-order valence-electron chi connectivity index (χ2n) is 7.53. The van der Waals surface area contributed by atoms with Crippen LogP contribution in [0.4, 0.5) is 0 Å². The molecule has 0 saturated heterocycles. The molecule has 2 aromatic carbocycles. The lowest BCUT2D eigenvalue weighted by Crippen LogP contribution is -2.18. The van der Waals surface area contributed by atoms with Crippen LogP contribution in [0, 0.1) is 0 Å². The molecule has 1 aromatic heterocycles. The van der Waals surface area contributed by atoms with Crippen LogP contribution in [-0.2, 0) is 0 Å². The minimum Gasteiger partial charge on any atom is -0.494 e. The number of ether oxygens (including phenoxy) is 1. The van der Waals surface area contributed by atoms with E-state index in [1.807, 2.05) is 48.5 Å². The molecule has 0 unspecified atom stereocenters. The Morgan fingerprint density at radius 2 is 1.84 bits per heavy atom. The average molecular weight is 497 g/mol. The minimum absolute atomic E-state index is 0.340. The fourth-order valence-electron chi connectivity index (χ4n) is 3.18. The summed E-state index contributed by atoms with van der Waals surface area (Å²) >= 11 is 3.44. The topological polar surface area (TPSA) is 79.4 Å². The highest BCUT2D eigenvalue weighted by atomic mass is 79.9. The van der Waals surface area contributed by atoms with E-state index >= 15 is 0 Å². The third-order valence-corrected chi connectivity index (χ3v) is 5.74. The highest BCUT2D eigenvalue weighted by Gasteiger charge is 2.10. The highest BCUT2D eigenvalue weighted by Crippen LogP contribution is 2.22. The van der Waals surface area contributed by atoms with Crippen LogP contribution in [-0.4, -0.2) is 28.9 Å². The SMILES string of the molecule is CCCCCCCCOc1ccc(-c2cc(C(=O)N/N=C\c3ccccc3Br)[nH]n2)cc1. The van der Waals surface area contributed by atoms with Gasteiger partial charge in [-0.1, -0.05) is 73.2 Å². The number of nitrogens with one attached hydrogen (secondary N) is 2. The third kappa shape index (κ3) is 7.34. The summed E-state index contributed by atoms with van der Waals surface area (Å²) in [6.45, 7) is 2.96. The van der Waals surface area contributed by atoms with Crippen molar-refractivity contribution in [3.63, 3.8) is 0 Å². The summed E-state index contributed by atoms with van der Waals surface area (Å²) in [6, 6.07) is 17.1. The van der Waals surface area contributed by atoms with E-state index in [0.717, 1.165) is 34.4 Å². The summed E-state index contributed by atoms with van der Waals surface area (Å²) in [5, 5.41) is 11.0. The number of carbonyl (C=O) groups is 1. The summed E-state index contributed by atoms with van der Waals surface area (Å²) < 4.78 is 6.73. The zero-order chi connectivity index (χ0) is 22.6. The quantitative estimate of drug-likeness (QED) is 0.174. The number of amides is 1. The van der Waals surface area contributed by atoms with Gasteiger partial charge in [-0.3, -0.25) is 9.89 Å². The maximum atomic E-state index is 12.3. The van der Waals surface area contributed by atoms with Gasteiger partial charge in [0, 0.05) is 15.6 Å². The van der Waals surface area contributed by atoms with Crippen molar-refractivity contribution >= 4 is 28.1 Å². The van der Waals surface area contributed by atoms with Gasteiger partial charge in [-0.05, 0) is 42.8 Å². The van der Waals surface area contributed by atoms with Gasteiger partial charge in [-0.25, -0.2) is 5.43 Å². The van der Waals surface area contributed by atoms with E-state index in [1.165, 1.54) is 32.1 Å². The first-order valence-corrected chi connectivity index (χ1v) is 11.8. The van der Waals surface area contributed by atoms with Crippen LogP contribution < -0.4 is 10.2 Å². The number of aromatic nitrogens is 2. The van der Waals surface area contributed by atoms with Crippen molar-refractivity contribution in [2.75, 3.05) is 6.61 Å². The molecule has 0 aliphatic heterocycles. The Labute approximate surface area is 197 Å². The molecule has 0 fully saturated rings. The summed E-state index contributed by atoms with van der Waals surface area (Å²) in [7, 11) is 0. The second kappa shape index (κ2) is 12.8. The van der Waals surface area contributed by atoms with Crippen molar-refractivity contribution in [3.8, 4) is 17.0 Å². The molecule has 0 atom stereocenters.